The third-order valence-corrected chi connectivity index (χ3v) is 5.15. The smallest absolute Gasteiger partial charge is 0.406 e. The number of carbonyl (C=O) groups excluding carboxylic acids is 2. The van der Waals surface area contributed by atoms with Crippen molar-refractivity contribution < 1.29 is 23.5 Å². The third-order valence-electron chi connectivity index (χ3n) is 4.89. The molecular weight excluding hydrogens is 399 g/mol. The fraction of sp³-hybridized carbons (Fsp3) is 0.333. The van der Waals surface area contributed by atoms with Crippen LogP contribution in [0.25, 0.3) is 0 Å². The molecule has 0 spiro atoms. The van der Waals surface area contributed by atoms with Crippen molar-refractivity contribution in [2.75, 3.05) is 19.7 Å². The second-order valence-electron chi connectivity index (χ2n) is 6.84. The SMILES string of the molecule is NC(=O)OC(COc1ccc(Cl)cc1)N1CCC(C(=O)c2ccc(F)cc2)CC1. The van der Waals surface area contributed by atoms with Crippen molar-refractivity contribution in [2.45, 2.75) is 19.1 Å². The van der Waals surface area contributed by atoms with Crippen molar-refractivity contribution in [3.8, 4) is 5.75 Å². The maximum Gasteiger partial charge on any atom is 0.406 e. The summed E-state index contributed by atoms with van der Waals surface area (Å²) in [5.74, 6) is 0.0508. The third kappa shape index (κ3) is 5.92. The van der Waals surface area contributed by atoms with E-state index in [0.717, 1.165) is 0 Å². The number of carbonyl (C=O) groups is 2. The first-order valence-corrected chi connectivity index (χ1v) is 9.68. The first-order valence-electron chi connectivity index (χ1n) is 9.30. The Morgan fingerprint density at radius 2 is 1.72 bits per heavy atom. The highest BCUT2D eigenvalue weighted by molar-refractivity contribution is 6.30. The monoisotopic (exact) mass is 420 g/mol. The maximum absolute atomic E-state index is 13.1. The lowest BCUT2D eigenvalue weighted by atomic mass is 9.89. The highest BCUT2D eigenvalue weighted by Crippen LogP contribution is 2.24. The Morgan fingerprint density at radius 3 is 2.31 bits per heavy atom. The number of likely N-dealkylation sites (tertiary alicyclic amines) is 1. The molecule has 0 radical (unpaired) electrons. The Kier molecular flexibility index (Phi) is 7.06. The van der Waals surface area contributed by atoms with E-state index in [-0.39, 0.29) is 24.1 Å². The number of Topliss-reactive ketones (excluding diaryl/α,β-unsaturated/α-hetero) is 1. The predicted molar refractivity (Wildman–Crippen MR) is 106 cm³/mol. The van der Waals surface area contributed by atoms with Gasteiger partial charge in [-0.2, -0.15) is 0 Å². The van der Waals surface area contributed by atoms with E-state index in [2.05, 4.69) is 0 Å². The highest BCUT2D eigenvalue weighted by atomic mass is 35.5. The Balaban J connectivity index is 1.57. The second kappa shape index (κ2) is 9.71. The molecule has 2 aromatic carbocycles. The van der Waals surface area contributed by atoms with Crippen LogP contribution >= 0.6 is 11.6 Å². The molecular formula is C21H22ClFN2O4. The van der Waals surface area contributed by atoms with Gasteiger partial charge in [0.1, 0.15) is 18.2 Å². The molecule has 6 nitrogen and oxygen atoms in total. The van der Waals surface area contributed by atoms with E-state index in [1.165, 1.54) is 24.3 Å². The number of amides is 1. The summed E-state index contributed by atoms with van der Waals surface area (Å²) in [6.07, 6.45) is -0.366. The number of ketones is 1. The van der Waals surface area contributed by atoms with Crippen LogP contribution in [0.15, 0.2) is 48.5 Å². The average Bonchev–Trinajstić information content (AvgIpc) is 2.72. The van der Waals surface area contributed by atoms with Crippen molar-refractivity contribution in [1.29, 1.82) is 0 Å². The lowest BCUT2D eigenvalue weighted by Crippen LogP contribution is -2.48. The molecule has 0 saturated carbocycles. The summed E-state index contributed by atoms with van der Waals surface area (Å²) in [4.78, 5) is 25.9. The van der Waals surface area contributed by atoms with E-state index in [1.54, 1.807) is 24.3 Å². The van der Waals surface area contributed by atoms with Gasteiger partial charge >= 0.3 is 6.09 Å². The van der Waals surface area contributed by atoms with Gasteiger partial charge in [0, 0.05) is 29.6 Å². The summed E-state index contributed by atoms with van der Waals surface area (Å²) in [5, 5.41) is 0.593. The van der Waals surface area contributed by atoms with Crippen molar-refractivity contribution in [1.82, 2.24) is 4.90 Å². The molecule has 1 aliphatic rings. The van der Waals surface area contributed by atoms with Crippen molar-refractivity contribution in [3.63, 3.8) is 0 Å². The van der Waals surface area contributed by atoms with Gasteiger partial charge in [-0.05, 0) is 61.4 Å². The fourth-order valence-electron chi connectivity index (χ4n) is 3.35. The topological polar surface area (TPSA) is 81.9 Å². The van der Waals surface area contributed by atoms with Crippen LogP contribution in [0.2, 0.25) is 5.02 Å². The Bertz CT molecular complexity index is 837. The number of rotatable bonds is 7. The first kappa shape index (κ1) is 21.1. The van der Waals surface area contributed by atoms with E-state index < -0.39 is 12.3 Å². The number of piperidine rings is 1. The molecule has 0 aliphatic carbocycles. The first-order chi connectivity index (χ1) is 13.9. The molecule has 0 bridgehead atoms. The normalized spacial score (nSPS) is 16.2. The molecule has 2 N–H and O–H groups in total. The Labute approximate surface area is 173 Å². The van der Waals surface area contributed by atoms with Crippen LogP contribution in [0.1, 0.15) is 23.2 Å². The fourth-order valence-corrected chi connectivity index (χ4v) is 3.47. The molecule has 1 fully saturated rings. The average molecular weight is 421 g/mol. The van der Waals surface area contributed by atoms with E-state index in [4.69, 9.17) is 26.8 Å². The van der Waals surface area contributed by atoms with Gasteiger partial charge in [0.15, 0.2) is 12.0 Å². The van der Waals surface area contributed by atoms with Crippen molar-refractivity contribution in [3.05, 3.63) is 64.9 Å². The number of ether oxygens (including phenoxy) is 2. The van der Waals surface area contributed by atoms with E-state index in [1.807, 2.05) is 4.90 Å². The van der Waals surface area contributed by atoms with Crippen LogP contribution < -0.4 is 10.5 Å². The zero-order valence-corrected chi connectivity index (χ0v) is 16.5. The predicted octanol–water partition coefficient (Wildman–Crippen LogP) is 3.87. The van der Waals surface area contributed by atoms with Gasteiger partial charge in [-0.15, -0.1) is 0 Å². The van der Waals surface area contributed by atoms with Crippen LogP contribution in [0.4, 0.5) is 9.18 Å². The Morgan fingerprint density at radius 1 is 1.10 bits per heavy atom. The van der Waals surface area contributed by atoms with Crippen LogP contribution in [-0.2, 0) is 4.74 Å². The molecule has 1 aliphatic heterocycles. The quantitative estimate of drug-likeness (QED) is 0.687. The van der Waals surface area contributed by atoms with E-state index >= 15 is 0 Å². The molecule has 1 heterocycles. The number of hydrogen-bond acceptors (Lipinski definition) is 5. The Hall–Kier alpha value is -2.64. The molecule has 154 valence electrons. The van der Waals surface area contributed by atoms with Gasteiger partial charge in [0.2, 0.25) is 0 Å². The summed E-state index contributed by atoms with van der Waals surface area (Å²) >= 11 is 5.86. The largest absolute Gasteiger partial charge is 0.488 e. The van der Waals surface area contributed by atoms with E-state index in [9.17, 15) is 14.0 Å². The summed E-state index contributed by atoms with van der Waals surface area (Å²) in [5.41, 5.74) is 5.71. The number of hydrogen-bond donors (Lipinski definition) is 1. The summed E-state index contributed by atoms with van der Waals surface area (Å²) in [6, 6.07) is 12.4. The zero-order chi connectivity index (χ0) is 20.8. The molecule has 8 heteroatoms. The molecule has 1 saturated heterocycles. The number of nitrogens with zero attached hydrogens (tertiary/aromatic N) is 1. The number of primary amides is 1. The minimum Gasteiger partial charge on any atom is -0.488 e. The number of halogens is 2. The lowest BCUT2D eigenvalue weighted by molar-refractivity contribution is -0.0486. The second-order valence-corrected chi connectivity index (χ2v) is 7.27. The zero-order valence-electron chi connectivity index (χ0n) is 15.7. The van der Waals surface area contributed by atoms with Crippen LogP contribution in [0.5, 0.6) is 5.75 Å². The van der Waals surface area contributed by atoms with Crippen molar-refractivity contribution >= 4 is 23.5 Å². The van der Waals surface area contributed by atoms with Gasteiger partial charge < -0.3 is 15.2 Å². The standard InChI is InChI=1S/C21H22ClFN2O4/c22-16-3-7-18(8-4-16)28-13-19(29-21(24)27)25-11-9-15(10-12-25)20(26)14-1-5-17(23)6-2-14/h1-8,15,19H,9-13H2,(H2,24,27). The van der Waals surface area contributed by atoms with Crippen LogP contribution in [-0.4, -0.2) is 42.7 Å². The molecule has 0 aromatic heterocycles. The molecule has 3 rings (SSSR count). The highest BCUT2D eigenvalue weighted by Gasteiger charge is 2.31. The molecule has 1 amide bonds. The van der Waals surface area contributed by atoms with Gasteiger partial charge in [0.05, 0.1) is 0 Å². The number of nitrogens with two attached hydrogens (primary N) is 1. The molecule has 29 heavy (non-hydrogen) atoms. The summed E-state index contributed by atoms with van der Waals surface area (Å²) in [6.45, 7) is 1.18. The van der Waals surface area contributed by atoms with Gasteiger partial charge in [0.25, 0.3) is 0 Å². The molecule has 2 aromatic rings. The molecule has 1 atom stereocenters. The minimum atomic E-state index is -0.890. The van der Waals surface area contributed by atoms with Crippen molar-refractivity contribution in [2.24, 2.45) is 11.7 Å². The minimum absolute atomic E-state index is 0.00515. The van der Waals surface area contributed by atoms with Crippen LogP contribution in [0.3, 0.4) is 0 Å². The molecule has 1 unspecified atom stereocenters. The maximum atomic E-state index is 13.1. The lowest BCUT2D eigenvalue weighted by Gasteiger charge is -2.36. The van der Waals surface area contributed by atoms with Gasteiger partial charge in [-0.3, -0.25) is 9.69 Å². The van der Waals surface area contributed by atoms with E-state index in [0.29, 0.717) is 42.3 Å². The number of benzene rings is 2. The van der Waals surface area contributed by atoms with Crippen LogP contribution in [0, 0.1) is 11.7 Å². The summed E-state index contributed by atoms with van der Waals surface area (Å²) in [7, 11) is 0. The van der Waals surface area contributed by atoms with Gasteiger partial charge in [-0.1, -0.05) is 11.6 Å². The van der Waals surface area contributed by atoms with Gasteiger partial charge in [-0.25, -0.2) is 9.18 Å². The summed E-state index contributed by atoms with van der Waals surface area (Å²) < 4.78 is 24.0.